The number of carbonyl (C=O) groups is 1. The molecule has 3 N–H and O–H groups in total. The molecule has 1 aromatic heterocycles. The number of hydrogen-bond acceptors (Lipinski definition) is 5. The largest absolute Gasteiger partial charge is 0.388 e. The van der Waals surface area contributed by atoms with Crippen LogP contribution >= 0.6 is 0 Å². The monoisotopic (exact) mass is 355 g/mol. The molecule has 0 unspecified atom stereocenters. The maximum Gasteiger partial charge on any atom is 0.270 e. The van der Waals surface area contributed by atoms with Gasteiger partial charge in [0, 0.05) is 18.2 Å². The molecule has 26 heavy (non-hydrogen) atoms. The fraction of sp³-hybridized carbons (Fsp3) is 0.500. The molecule has 6 nitrogen and oxygen atoms in total. The molecule has 2 atom stereocenters. The van der Waals surface area contributed by atoms with Crippen molar-refractivity contribution < 1.29 is 14.6 Å². The zero-order valence-electron chi connectivity index (χ0n) is 15.0. The minimum Gasteiger partial charge on any atom is -0.388 e. The first-order valence-electron chi connectivity index (χ1n) is 9.23. The predicted octanol–water partition coefficient (Wildman–Crippen LogP) is 1.63. The third-order valence-electron chi connectivity index (χ3n) is 5.83. The molecule has 1 aromatic carbocycles. The van der Waals surface area contributed by atoms with Gasteiger partial charge in [-0.2, -0.15) is 0 Å². The van der Waals surface area contributed by atoms with E-state index >= 15 is 0 Å². The lowest BCUT2D eigenvalue weighted by atomic mass is 9.73. The number of carbonyl (C=O) groups excluding carboxylic acids is 1. The third-order valence-corrected chi connectivity index (χ3v) is 5.83. The average molecular weight is 355 g/mol. The number of aliphatic hydroxyl groups is 1. The second kappa shape index (κ2) is 6.61. The van der Waals surface area contributed by atoms with Gasteiger partial charge >= 0.3 is 0 Å². The summed E-state index contributed by atoms with van der Waals surface area (Å²) in [6.45, 7) is 4.06. The van der Waals surface area contributed by atoms with Crippen molar-refractivity contribution in [3.8, 4) is 0 Å². The topological polar surface area (TPSA) is 83.5 Å². The summed E-state index contributed by atoms with van der Waals surface area (Å²) in [6.07, 6.45) is 3.02. The van der Waals surface area contributed by atoms with Gasteiger partial charge < -0.3 is 20.5 Å². The first-order valence-corrected chi connectivity index (χ1v) is 9.23. The summed E-state index contributed by atoms with van der Waals surface area (Å²) in [6, 6.07) is 9.60. The molecule has 3 heterocycles. The Labute approximate surface area is 153 Å². The van der Waals surface area contributed by atoms with Crippen LogP contribution in [0.25, 0.3) is 10.8 Å². The third kappa shape index (κ3) is 2.98. The van der Waals surface area contributed by atoms with Crippen molar-refractivity contribution in [2.75, 3.05) is 19.7 Å². The molecule has 0 aliphatic carbocycles. The van der Waals surface area contributed by atoms with E-state index in [2.05, 4.69) is 15.6 Å². The van der Waals surface area contributed by atoms with Crippen LogP contribution < -0.4 is 10.6 Å². The Kier molecular flexibility index (Phi) is 4.42. The van der Waals surface area contributed by atoms with Crippen molar-refractivity contribution in [2.45, 2.75) is 43.4 Å². The number of fused-ring (bicyclic) bond motifs is 1. The fourth-order valence-corrected chi connectivity index (χ4v) is 4.19. The quantitative estimate of drug-likeness (QED) is 0.763. The maximum atomic E-state index is 12.8. The minimum atomic E-state index is -0.754. The molecule has 138 valence electrons. The summed E-state index contributed by atoms with van der Waals surface area (Å²) in [5.74, 6) is -0.261. The summed E-state index contributed by atoms with van der Waals surface area (Å²) in [5.41, 5.74) is -0.953. The molecule has 0 bridgehead atoms. The van der Waals surface area contributed by atoms with Gasteiger partial charge in [-0.25, -0.2) is 0 Å². The SMILES string of the molecule is C[C@@]1(NC(=O)c2cc3ccccc3cn2)CCOC2(CCNCC2)[C@H]1O. The Hall–Kier alpha value is -2.02. The van der Waals surface area contributed by atoms with Crippen LogP contribution in [0.15, 0.2) is 36.5 Å². The van der Waals surface area contributed by atoms with Crippen molar-refractivity contribution in [2.24, 2.45) is 0 Å². The molecule has 2 aromatic rings. The number of aromatic nitrogens is 1. The van der Waals surface area contributed by atoms with Gasteiger partial charge in [0.05, 0.1) is 11.1 Å². The normalized spacial score (nSPS) is 28.2. The van der Waals surface area contributed by atoms with E-state index in [0.717, 1.165) is 36.7 Å². The summed E-state index contributed by atoms with van der Waals surface area (Å²) < 4.78 is 6.00. The van der Waals surface area contributed by atoms with Gasteiger partial charge in [-0.3, -0.25) is 9.78 Å². The average Bonchev–Trinajstić information content (AvgIpc) is 2.66. The number of amides is 1. The van der Waals surface area contributed by atoms with E-state index < -0.39 is 17.2 Å². The predicted molar refractivity (Wildman–Crippen MR) is 99.0 cm³/mol. The van der Waals surface area contributed by atoms with Crippen LogP contribution in [-0.4, -0.2) is 52.9 Å². The number of rotatable bonds is 2. The van der Waals surface area contributed by atoms with Gasteiger partial charge in [-0.1, -0.05) is 24.3 Å². The van der Waals surface area contributed by atoms with Crippen molar-refractivity contribution in [3.63, 3.8) is 0 Å². The number of nitrogens with zero attached hydrogens (tertiary/aromatic N) is 1. The zero-order valence-corrected chi connectivity index (χ0v) is 15.0. The first kappa shape index (κ1) is 17.4. The van der Waals surface area contributed by atoms with Crippen LogP contribution in [0.3, 0.4) is 0 Å². The standard InChI is InChI=1S/C20H25N3O3/c1-19(8-11-26-20(18(19)25)6-9-21-10-7-20)23-17(24)16-12-14-4-2-3-5-15(14)13-22-16/h2-5,12-13,18,21,25H,6-11H2,1H3,(H,23,24)/t18-,19+/m0/s1. The summed E-state index contributed by atoms with van der Waals surface area (Å²) in [4.78, 5) is 17.1. The number of ether oxygens (including phenoxy) is 1. The zero-order chi connectivity index (χ0) is 18.2. The molecule has 1 spiro atoms. The fourth-order valence-electron chi connectivity index (χ4n) is 4.19. The first-order chi connectivity index (χ1) is 12.5. The molecule has 2 aliphatic rings. The molecular formula is C20H25N3O3. The second-order valence-electron chi connectivity index (χ2n) is 7.60. The number of pyridine rings is 1. The van der Waals surface area contributed by atoms with Crippen LogP contribution in [0.4, 0.5) is 0 Å². The van der Waals surface area contributed by atoms with Crippen molar-refractivity contribution in [1.29, 1.82) is 0 Å². The summed E-state index contributed by atoms with van der Waals surface area (Å²) in [5, 5.41) is 19.4. The van der Waals surface area contributed by atoms with Crippen molar-refractivity contribution in [3.05, 3.63) is 42.2 Å². The van der Waals surface area contributed by atoms with Crippen LogP contribution in [0.5, 0.6) is 0 Å². The molecular weight excluding hydrogens is 330 g/mol. The number of nitrogens with one attached hydrogen (secondary N) is 2. The van der Waals surface area contributed by atoms with Gasteiger partial charge in [0.1, 0.15) is 11.8 Å². The van der Waals surface area contributed by atoms with Gasteiger partial charge in [0.2, 0.25) is 0 Å². The smallest absolute Gasteiger partial charge is 0.270 e. The highest BCUT2D eigenvalue weighted by Gasteiger charge is 2.53. The van der Waals surface area contributed by atoms with Gasteiger partial charge in [-0.15, -0.1) is 0 Å². The molecule has 1 amide bonds. The van der Waals surface area contributed by atoms with Crippen molar-refractivity contribution in [1.82, 2.24) is 15.6 Å². The van der Waals surface area contributed by atoms with E-state index in [-0.39, 0.29) is 5.91 Å². The number of benzene rings is 1. The second-order valence-corrected chi connectivity index (χ2v) is 7.60. The highest BCUT2D eigenvalue weighted by Crippen LogP contribution is 2.38. The maximum absolute atomic E-state index is 12.8. The van der Waals surface area contributed by atoms with Crippen LogP contribution in [0.2, 0.25) is 0 Å². The lowest BCUT2D eigenvalue weighted by molar-refractivity contribution is -0.197. The molecule has 2 fully saturated rings. The lowest BCUT2D eigenvalue weighted by Gasteiger charge is -2.52. The molecule has 0 radical (unpaired) electrons. The van der Waals surface area contributed by atoms with Gasteiger partial charge in [-0.05, 0) is 50.7 Å². The Morgan fingerprint density at radius 3 is 2.77 bits per heavy atom. The van der Waals surface area contributed by atoms with E-state index in [0.29, 0.717) is 18.7 Å². The molecule has 6 heteroatoms. The molecule has 4 rings (SSSR count). The Morgan fingerprint density at radius 1 is 1.27 bits per heavy atom. The summed E-state index contributed by atoms with van der Waals surface area (Å²) in [7, 11) is 0. The van der Waals surface area contributed by atoms with E-state index in [1.54, 1.807) is 12.3 Å². The van der Waals surface area contributed by atoms with Crippen molar-refractivity contribution >= 4 is 16.7 Å². The van der Waals surface area contributed by atoms with E-state index in [4.69, 9.17) is 4.74 Å². The molecule has 2 aliphatic heterocycles. The highest BCUT2D eigenvalue weighted by atomic mass is 16.5. The molecule has 2 saturated heterocycles. The summed E-state index contributed by atoms with van der Waals surface area (Å²) >= 11 is 0. The number of piperidine rings is 1. The molecule has 0 saturated carbocycles. The van der Waals surface area contributed by atoms with Gasteiger partial charge in [0.25, 0.3) is 5.91 Å². The Bertz CT molecular complexity index is 813. The lowest BCUT2D eigenvalue weighted by Crippen LogP contribution is -2.69. The Balaban J connectivity index is 1.56. The Morgan fingerprint density at radius 2 is 2.00 bits per heavy atom. The number of hydrogen-bond donors (Lipinski definition) is 3. The van der Waals surface area contributed by atoms with E-state index in [9.17, 15) is 9.90 Å². The van der Waals surface area contributed by atoms with Crippen LogP contribution in [0.1, 0.15) is 36.7 Å². The van der Waals surface area contributed by atoms with Gasteiger partial charge in [0.15, 0.2) is 0 Å². The van der Waals surface area contributed by atoms with E-state index in [1.165, 1.54) is 0 Å². The van der Waals surface area contributed by atoms with Crippen LogP contribution in [-0.2, 0) is 4.74 Å². The minimum absolute atomic E-state index is 0.261. The van der Waals surface area contributed by atoms with E-state index in [1.807, 2.05) is 31.2 Å². The number of aliphatic hydroxyl groups excluding tert-OH is 1. The highest BCUT2D eigenvalue weighted by molar-refractivity contribution is 5.96. The van der Waals surface area contributed by atoms with Crippen LogP contribution in [0, 0.1) is 0 Å².